The van der Waals surface area contributed by atoms with E-state index in [4.69, 9.17) is 5.11 Å². The number of anilines is 1. The number of carboxylic acids is 1. The lowest BCUT2D eigenvalue weighted by atomic mass is 10.1. The molecule has 0 heterocycles. The van der Waals surface area contributed by atoms with Gasteiger partial charge in [0, 0.05) is 23.2 Å². The third-order valence-corrected chi connectivity index (χ3v) is 3.77. The van der Waals surface area contributed by atoms with Crippen LogP contribution < -0.4 is 4.90 Å². The smallest absolute Gasteiger partial charge is 0.336 e. The van der Waals surface area contributed by atoms with Crippen LogP contribution in [-0.4, -0.2) is 24.2 Å². The summed E-state index contributed by atoms with van der Waals surface area (Å²) < 4.78 is 0.649. The van der Waals surface area contributed by atoms with E-state index in [2.05, 4.69) is 34.7 Å². The maximum Gasteiger partial charge on any atom is 0.336 e. The molecule has 0 radical (unpaired) electrons. The number of rotatable bonds is 8. The molecule has 1 rings (SSSR count). The molecule has 19 heavy (non-hydrogen) atoms. The molecule has 0 fully saturated rings. The monoisotopic (exact) mass is 327 g/mol. The summed E-state index contributed by atoms with van der Waals surface area (Å²) in [5.74, 6) is -0.896. The van der Waals surface area contributed by atoms with Gasteiger partial charge in [-0.1, -0.05) is 26.7 Å². The molecular formula is C15H22BrNO2. The van der Waals surface area contributed by atoms with E-state index < -0.39 is 5.97 Å². The second-order valence-corrected chi connectivity index (χ2v) is 5.52. The van der Waals surface area contributed by atoms with Gasteiger partial charge in [0.15, 0.2) is 0 Å². The minimum atomic E-state index is -0.896. The lowest BCUT2D eigenvalue weighted by Crippen LogP contribution is -2.25. The van der Waals surface area contributed by atoms with Crippen LogP contribution in [0.1, 0.15) is 49.9 Å². The topological polar surface area (TPSA) is 40.5 Å². The van der Waals surface area contributed by atoms with E-state index in [0.29, 0.717) is 10.0 Å². The largest absolute Gasteiger partial charge is 0.478 e. The van der Waals surface area contributed by atoms with Crippen LogP contribution in [0.2, 0.25) is 0 Å². The summed E-state index contributed by atoms with van der Waals surface area (Å²) in [5, 5.41) is 9.03. The molecule has 0 aliphatic heterocycles. The van der Waals surface area contributed by atoms with E-state index in [9.17, 15) is 4.79 Å². The van der Waals surface area contributed by atoms with Crippen molar-refractivity contribution >= 4 is 27.6 Å². The Hall–Kier alpha value is -1.03. The number of carbonyl (C=O) groups is 1. The van der Waals surface area contributed by atoms with Crippen molar-refractivity contribution in [2.24, 2.45) is 0 Å². The predicted molar refractivity (Wildman–Crippen MR) is 83.1 cm³/mol. The standard InChI is InChI=1S/C15H22BrNO2/c1-3-5-9-17(10-6-4-2)12-7-8-13(15(18)19)14(16)11-12/h7-8,11H,3-6,9-10H2,1-2H3,(H,18,19). The fraction of sp³-hybridized carbons (Fsp3) is 0.533. The molecular weight excluding hydrogens is 306 g/mol. The van der Waals surface area contributed by atoms with Crippen LogP contribution in [0.4, 0.5) is 5.69 Å². The van der Waals surface area contributed by atoms with E-state index in [1.165, 1.54) is 0 Å². The predicted octanol–water partition coefficient (Wildman–Crippen LogP) is 4.55. The Bertz CT molecular complexity index is 413. The first-order valence-electron chi connectivity index (χ1n) is 6.88. The lowest BCUT2D eigenvalue weighted by Gasteiger charge is -2.25. The Labute approximate surface area is 123 Å². The van der Waals surface area contributed by atoms with Crippen LogP contribution >= 0.6 is 15.9 Å². The number of hydrogen-bond donors (Lipinski definition) is 1. The van der Waals surface area contributed by atoms with E-state index in [0.717, 1.165) is 44.5 Å². The van der Waals surface area contributed by atoms with Gasteiger partial charge in [0.1, 0.15) is 0 Å². The number of unbranched alkanes of at least 4 members (excludes halogenated alkanes) is 2. The summed E-state index contributed by atoms with van der Waals surface area (Å²) in [5.41, 5.74) is 1.41. The number of nitrogens with zero attached hydrogens (tertiary/aromatic N) is 1. The SMILES string of the molecule is CCCCN(CCCC)c1ccc(C(=O)O)c(Br)c1. The maximum absolute atomic E-state index is 11.0. The van der Waals surface area contributed by atoms with Gasteiger partial charge < -0.3 is 10.0 Å². The molecule has 4 heteroatoms. The molecule has 0 aliphatic rings. The average molecular weight is 328 g/mol. The highest BCUT2D eigenvalue weighted by atomic mass is 79.9. The van der Waals surface area contributed by atoms with E-state index in [1.807, 2.05) is 12.1 Å². The minimum Gasteiger partial charge on any atom is -0.478 e. The summed E-state index contributed by atoms with van der Waals surface area (Å²) in [6, 6.07) is 5.49. The molecule has 106 valence electrons. The van der Waals surface area contributed by atoms with E-state index in [-0.39, 0.29) is 0 Å². The molecule has 0 unspecified atom stereocenters. The molecule has 3 nitrogen and oxygen atoms in total. The zero-order valence-electron chi connectivity index (χ0n) is 11.7. The number of benzene rings is 1. The lowest BCUT2D eigenvalue weighted by molar-refractivity contribution is 0.0696. The van der Waals surface area contributed by atoms with Crippen LogP contribution in [0.5, 0.6) is 0 Å². The van der Waals surface area contributed by atoms with Crippen molar-refractivity contribution in [3.63, 3.8) is 0 Å². The highest BCUT2D eigenvalue weighted by Gasteiger charge is 2.11. The fourth-order valence-electron chi connectivity index (χ4n) is 1.94. The molecule has 0 amide bonds. The quantitative estimate of drug-likeness (QED) is 0.761. The summed E-state index contributed by atoms with van der Waals surface area (Å²) in [6.07, 6.45) is 4.64. The van der Waals surface area contributed by atoms with E-state index in [1.54, 1.807) is 6.07 Å². The van der Waals surface area contributed by atoms with Crippen LogP contribution in [0.15, 0.2) is 22.7 Å². The maximum atomic E-state index is 11.0. The molecule has 0 saturated carbocycles. The third-order valence-electron chi connectivity index (χ3n) is 3.11. The van der Waals surface area contributed by atoms with E-state index >= 15 is 0 Å². The molecule has 0 spiro atoms. The van der Waals surface area contributed by atoms with Crippen molar-refractivity contribution in [3.8, 4) is 0 Å². The Morgan fingerprint density at radius 3 is 2.21 bits per heavy atom. The number of carboxylic acid groups (broad SMARTS) is 1. The molecule has 0 aromatic heterocycles. The first-order chi connectivity index (χ1) is 9.10. The summed E-state index contributed by atoms with van der Waals surface area (Å²) in [7, 11) is 0. The molecule has 0 saturated heterocycles. The third kappa shape index (κ3) is 4.86. The summed E-state index contributed by atoms with van der Waals surface area (Å²) >= 11 is 3.34. The van der Waals surface area contributed by atoms with Gasteiger partial charge >= 0.3 is 5.97 Å². The highest BCUT2D eigenvalue weighted by Crippen LogP contribution is 2.25. The first-order valence-corrected chi connectivity index (χ1v) is 7.67. The van der Waals surface area contributed by atoms with Crippen LogP contribution in [-0.2, 0) is 0 Å². The van der Waals surface area contributed by atoms with Gasteiger partial charge in [0.25, 0.3) is 0 Å². The van der Waals surface area contributed by atoms with Gasteiger partial charge in [0.05, 0.1) is 5.56 Å². The average Bonchev–Trinajstić information content (AvgIpc) is 2.38. The van der Waals surface area contributed by atoms with Crippen molar-refractivity contribution in [2.45, 2.75) is 39.5 Å². The molecule has 1 aromatic rings. The second kappa shape index (κ2) is 8.20. The highest BCUT2D eigenvalue weighted by molar-refractivity contribution is 9.10. The zero-order chi connectivity index (χ0) is 14.3. The van der Waals surface area contributed by atoms with Crippen molar-refractivity contribution in [3.05, 3.63) is 28.2 Å². The Morgan fingerprint density at radius 2 is 1.79 bits per heavy atom. The van der Waals surface area contributed by atoms with Gasteiger partial charge in [-0.25, -0.2) is 4.79 Å². The number of hydrogen-bond acceptors (Lipinski definition) is 2. The Morgan fingerprint density at radius 1 is 1.21 bits per heavy atom. The molecule has 0 bridgehead atoms. The fourth-order valence-corrected chi connectivity index (χ4v) is 2.48. The molecule has 0 aliphatic carbocycles. The van der Waals surface area contributed by atoms with Crippen molar-refractivity contribution in [1.82, 2.24) is 0 Å². The van der Waals surface area contributed by atoms with Crippen molar-refractivity contribution in [1.29, 1.82) is 0 Å². The van der Waals surface area contributed by atoms with Gasteiger partial charge in [-0.3, -0.25) is 0 Å². The number of halogens is 1. The van der Waals surface area contributed by atoms with Gasteiger partial charge in [-0.05, 0) is 47.0 Å². The minimum absolute atomic E-state index is 0.315. The molecule has 1 aromatic carbocycles. The summed E-state index contributed by atoms with van der Waals surface area (Å²) in [6.45, 7) is 6.41. The van der Waals surface area contributed by atoms with Crippen molar-refractivity contribution in [2.75, 3.05) is 18.0 Å². The van der Waals surface area contributed by atoms with Gasteiger partial charge in [-0.15, -0.1) is 0 Å². The van der Waals surface area contributed by atoms with Crippen LogP contribution in [0, 0.1) is 0 Å². The van der Waals surface area contributed by atoms with Gasteiger partial charge in [0.2, 0.25) is 0 Å². The second-order valence-electron chi connectivity index (χ2n) is 4.66. The normalized spacial score (nSPS) is 10.5. The van der Waals surface area contributed by atoms with Crippen LogP contribution in [0.3, 0.4) is 0 Å². The Balaban J connectivity index is 2.88. The van der Waals surface area contributed by atoms with Gasteiger partial charge in [-0.2, -0.15) is 0 Å². The number of aromatic carboxylic acids is 1. The molecule has 0 atom stereocenters. The zero-order valence-corrected chi connectivity index (χ0v) is 13.2. The van der Waals surface area contributed by atoms with Crippen LogP contribution in [0.25, 0.3) is 0 Å². The van der Waals surface area contributed by atoms with Crippen molar-refractivity contribution < 1.29 is 9.90 Å². The first kappa shape index (κ1) is 16.0. The Kier molecular flexibility index (Phi) is 6.92. The summed E-state index contributed by atoms with van der Waals surface area (Å²) in [4.78, 5) is 13.3. The molecule has 1 N–H and O–H groups in total.